The summed E-state index contributed by atoms with van der Waals surface area (Å²) >= 11 is 1.73. The molecule has 250 valence electrons. The third-order valence-corrected chi connectivity index (χ3v) is 7.81. The summed E-state index contributed by atoms with van der Waals surface area (Å²) in [7, 11) is 2.87. The van der Waals surface area contributed by atoms with E-state index in [2.05, 4.69) is 89.3 Å². The molecule has 1 aliphatic rings. The molecule has 0 fully saturated rings. The van der Waals surface area contributed by atoms with Gasteiger partial charge in [0.05, 0.1) is 7.11 Å². The summed E-state index contributed by atoms with van der Waals surface area (Å²) < 4.78 is 7.36. The molecule has 0 radical (unpaired) electrons. The summed E-state index contributed by atoms with van der Waals surface area (Å²) in [6.45, 7) is 18.2. The van der Waals surface area contributed by atoms with Crippen LogP contribution in [0.3, 0.4) is 0 Å². The molecule has 46 heavy (non-hydrogen) atoms. The summed E-state index contributed by atoms with van der Waals surface area (Å²) in [4.78, 5) is 17.9. The number of aromatic nitrogens is 1. The van der Waals surface area contributed by atoms with Crippen LogP contribution in [0.15, 0.2) is 96.7 Å². The fourth-order valence-electron chi connectivity index (χ4n) is 4.68. The summed E-state index contributed by atoms with van der Waals surface area (Å²) in [5.74, 6) is 0.461. The van der Waals surface area contributed by atoms with Crippen LogP contribution in [0.4, 0.5) is 0 Å². The number of rotatable bonds is 10. The first-order valence-electron chi connectivity index (χ1n) is 15.9. The van der Waals surface area contributed by atoms with Gasteiger partial charge in [-0.3, -0.25) is 4.98 Å². The van der Waals surface area contributed by atoms with Crippen LogP contribution >= 0.6 is 11.9 Å². The molecule has 0 bridgehead atoms. The minimum absolute atomic E-state index is 0.124. The second-order valence-electron chi connectivity index (χ2n) is 10.5. The van der Waals surface area contributed by atoms with E-state index in [1.54, 1.807) is 30.3 Å². The number of aryl methyl sites for hydroxylation is 1. The number of nitrogens with two attached hydrogens (primary N) is 1. The topological polar surface area (TPSA) is 101 Å². The van der Waals surface area contributed by atoms with Gasteiger partial charge in [-0.15, -0.1) is 0 Å². The number of nitrogens with one attached hydrogen (secondary N) is 1. The van der Waals surface area contributed by atoms with Gasteiger partial charge in [0.2, 0.25) is 0 Å². The number of benzene rings is 2. The van der Waals surface area contributed by atoms with Crippen molar-refractivity contribution in [2.45, 2.75) is 65.3 Å². The molecule has 8 heteroatoms. The molecule has 1 aliphatic heterocycles. The Morgan fingerprint density at radius 2 is 1.85 bits per heavy atom. The summed E-state index contributed by atoms with van der Waals surface area (Å²) in [6, 6.07) is 17.0. The maximum Gasteiger partial charge on any atom is 0.328 e. The number of carbonyl (C=O) groups excluding carboxylic acids is 1. The number of ether oxygens (including phenoxy) is 1. The smallest absolute Gasteiger partial charge is 0.328 e. The Balaban J connectivity index is 0.000000936. The first-order chi connectivity index (χ1) is 22.2. The van der Waals surface area contributed by atoms with E-state index < -0.39 is 6.04 Å². The standard InChI is InChI=1S/C29H31N3O3S.C6H12.C2H6.CH5N/c1-20-6-4-8-27(33)28(20)21(2)31-26(29(34)35-3)18-22-9-11-23(12-10-22)24-13-16-32(17-14-24)36-25-7-5-15-30-19-25;1-4-5-6(2)3;2*1-2/h4-13,15,19,26,31,33H,2,14,16-18H2,1,3H3;4-6H,1-3H3;1-2H3;2H2,1H3/b;5-4-;;. The van der Waals surface area contributed by atoms with Gasteiger partial charge in [0.15, 0.2) is 0 Å². The van der Waals surface area contributed by atoms with Gasteiger partial charge < -0.3 is 20.9 Å². The SMILES string of the molecule is C/C=C\C(C)C.C=C(NC(Cc1ccc(C2=CCN(Sc3cccnc3)CC2)cc1)C(=O)OC)c1c(C)cccc1O.CC.CN. The molecular formula is C38H54N4O3S. The molecule has 7 nitrogen and oxygen atoms in total. The van der Waals surface area contributed by atoms with Crippen LogP contribution in [-0.2, 0) is 16.0 Å². The number of phenolic OH excluding ortho intramolecular Hbond substituents is 1. The molecule has 3 aromatic rings. The van der Waals surface area contributed by atoms with E-state index in [1.165, 1.54) is 25.3 Å². The molecule has 4 N–H and O–H groups in total. The number of hydrogen-bond donors (Lipinski definition) is 3. The number of nitrogens with zero attached hydrogens (tertiary/aromatic N) is 2. The highest BCUT2D eigenvalue weighted by Crippen LogP contribution is 2.30. The zero-order valence-corrected chi connectivity index (χ0v) is 29.7. The van der Waals surface area contributed by atoms with Crippen LogP contribution in [-0.4, -0.2) is 53.7 Å². The van der Waals surface area contributed by atoms with Crippen molar-refractivity contribution in [2.75, 3.05) is 27.2 Å². The van der Waals surface area contributed by atoms with E-state index in [-0.39, 0.29) is 11.7 Å². The lowest BCUT2D eigenvalue weighted by molar-refractivity contribution is -0.142. The Morgan fingerprint density at radius 3 is 2.35 bits per heavy atom. The maximum atomic E-state index is 12.5. The van der Waals surface area contributed by atoms with Crippen molar-refractivity contribution in [3.8, 4) is 5.75 Å². The van der Waals surface area contributed by atoms with Crippen LogP contribution in [0.2, 0.25) is 0 Å². The molecule has 4 rings (SSSR count). The lowest BCUT2D eigenvalue weighted by atomic mass is 9.97. The van der Waals surface area contributed by atoms with Crippen molar-refractivity contribution in [3.05, 3.63) is 114 Å². The Kier molecular flexibility index (Phi) is 19.8. The van der Waals surface area contributed by atoms with E-state index in [4.69, 9.17) is 4.74 Å². The van der Waals surface area contributed by atoms with Gasteiger partial charge in [-0.1, -0.05) is 88.9 Å². The van der Waals surface area contributed by atoms with Crippen molar-refractivity contribution in [2.24, 2.45) is 11.7 Å². The second kappa shape index (κ2) is 22.6. The highest BCUT2D eigenvalue weighted by Gasteiger charge is 2.22. The summed E-state index contributed by atoms with van der Waals surface area (Å²) in [5.41, 5.74) is 9.99. The van der Waals surface area contributed by atoms with Gasteiger partial charge in [0.25, 0.3) is 0 Å². The molecule has 1 aromatic heterocycles. The first kappa shape index (κ1) is 40.2. The number of aromatic hydroxyl groups is 1. The molecule has 1 atom stereocenters. The van der Waals surface area contributed by atoms with Gasteiger partial charge in [-0.25, -0.2) is 9.10 Å². The van der Waals surface area contributed by atoms with E-state index >= 15 is 0 Å². The molecule has 0 amide bonds. The Labute approximate surface area is 281 Å². The third kappa shape index (κ3) is 13.6. The van der Waals surface area contributed by atoms with E-state index in [9.17, 15) is 9.90 Å². The largest absolute Gasteiger partial charge is 0.507 e. The van der Waals surface area contributed by atoms with Crippen LogP contribution in [0.25, 0.3) is 11.3 Å². The van der Waals surface area contributed by atoms with E-state index in [0.29, 0.717) is 17.7 Å². The number of hydrogen-bond acceptors (Lipinski definition) is 8. The lowest BCUT2D eigenvalue weighted by Crippen LogP contribution is -2.38. The predicted octanol–water partition coefficient (Wildman–Crippen LogP) is 8.06. The Hall–Kier alpha value is -3.85. The molecule has 0 saturated carbocycles. The number of esters is 1. The molecule has 2 heterocycles. The van der Waals surface area contributed by atoms with Gasteiger partial charge in [-0.2, -0.15) is 0 Å². The van der Waals surface area contributed by atoms with Crippen LogP contribution < -0.4 is 11.1 Å². The van der Waals surface area contributed by atoms with Crippen molar-refractivity contribution in [1.29, 1.82) is 0 Å². The summed E-state index contributed by atoms with van der Waals surface area (Å²) in [5, 5.41) is 13.4. The number of pyridine rings is 1. The van der Waals surface area contributed by atoms with Crippen LogP contribution in [0.5, 0.6) is 5.75 Å². The molecule has 1 unspecified atom stereocenters. The molecule has 0 aliphatic carbocycles. The molecule has 2 aromatic carbocycles. The monoisotopic (exact) mass is 646 g/mol. The molecule has 0 saturated heterocycles. The van der Waals surface area contributed by atoms with Gasteiger partial charge in [0, 0.05) is 48.1 Å². The number of methoxy groups -OCH3 is 1. The fraction of sp³-hybridized carbons (Fsp3) is 0.368. The molecule has 0 spiro atoms. The number of carbonyl (C=O) groups is 1. The van der Waals surface area contributed by atoms with Crippen molar-refractivity contribution < 1.29 is 14.6 Å². The summed E-state index contributed by atoms with van der Waals surface area (Å²) in [6.07, 6.45) is 11.6. The normalized spacial score (nSPS) is 13.1. The van der Waals surface area contributed by atoms with Crippen LogP contribution in [0.1, 0.15) is 63.3 Å². The fourth-order valence-corrected chi connectivity index (χ4v) is 5.56. The van der Waals surface area contributed by atoms with Crippen molar-refractivity contribution in [1.82, 2.24) is 14.6 Å². The minimum Gasteiger partial charge on any atom is -0.507 e. The average Bonchev–Trinajstić information content (AvgIpc) is 3.07. The van der Waals surface area contributed by atoms with Crippen molar-refractivity contribution in [3.63, 3.8) is 0 Å². The highest BCUT2D eigenvalue weighted by atomic mass is 32.2. The zero-order chi connectivity index (χ0) is 34.5. The highest BCUT2D eigenvalue weighted by molar-refractivity contribution is 7.97. The zero-order valence-electron chi connectivity index (χ0n) is 28.9. The van der Waals surface area contributed by atoms with Crippen LogP contribution in [0, 0.1) is 12.8 Å². The van der Waals surface area contributed by atoms with E-state index in [1.807, 2.05) is 46.0 Å². The number of phenols is 1. The quantitative estimate of drug-likeness (QED) is 0.116. The lowest BCUT2D eigenvalue weighted by Gasteiger charge is -2.25. The predicted molar refractivity (Wildman–Crippen MR) is 196 cm³/mol. The average molecular weight is 647 g/mol. The Bertz CT molecular complexity index is 1350. The minimum atomic E-state index is -0.626. The van der Waals surface area contributed by atoms with Gasteiger partial charge in [-0.05, 0) is 85.6 Å². The molecular weight excluding hydrogens is 593 g/mol. The third-order valence-electron chi connectivity index (χ3n) is 6.77. The Morgan fingerprint density at radius 1 is 1.15 bits per heavy atom. The maximum absolute atomic E-state index is 12.5. The van der Waals surface area contributed by atoms with Crippen molar-refractivity contribution >= 4 is 29.2 Å². The van der Waals surface area contributed by atoms with Gasteiger partial charge in [0.1, 0.15) is 11.8 Å². The van der Waals surface area contributed by atoms with Gasteiger partial charge >= 0.3 is 5.97 Å². The second-order valence-corrected chi connectivity index (χ2v) is 11.7. The first-order valence-corrected chi connectivity index (χ1v) is 16.6. The number of allylic oxidation sites excluding steroid dienone is 2. The van der Waals surface area contributed by atoms with E-state index in [0.717, 1.165) is 41.5 Å².